The molecule has 1 fully saturated rings. The fourth-order valence-electron chi connectivity index (χ4n) is 2.16. The van der Waals surface area contributed by atoms with Crippen LogP contribution in [0.5, 0.6) is 0 Å². The molecular weight excluding hydrogens is 176 g/mol. The minimum absolute atomic E-state index is 0.360. The quantitative estimate of drug-likeness (QED) is 0.624. The van der Waals surface area contributed by atoms with Crippen LogP contribution in [0.2, 0.25) is 0 Å². The molecule has 0 aromatic rings. The number of nitrogens with zero attached hydrogens (tertiary/aromatic N) is 1. The van der Waals surface area contributed by atoms with Crippen molar-refractivity contribution >= 4 is 0 Å². The summed E-state index contributed by atoms with van der Waals surface area (Å²) in [6, 6.07) is 0. The van der Waals surface area contributed by atoms with E-state index < -0.39 is 0 Å². The van der Waals surface area contributed by atoms with Crippen molar-refractivity contribution in [3.05, 3.63) is 0 Å². The van der Waals surface area contributed by atoms with E-state index in [4.69, 9.17) is 10.8 Å². The zero-order valence-electron chi connectivity index (χ0n) is 9.12. The van der Waals surface area contributed by atoms with E-state index >= 15 is 0 Å². The minimum atomic E-state index is 0.360. The summed E-state index contributed by atoms with van der Waals surface area (Å²) in [5, 5.41) is 9.08. The van der Waals surface area contributed by atoms with E-state index in [1.807, 2.05) is 0 Å². The standard InChI is InChI=1S/C11H24N2O/c12-6-2-1-3-7-13-8-4-5-11(9-13)10-14/h11,14H,1-10,12H2. The van der Waals surface area contributed by atoms with Crippen LogP contribution in [0.1, 0.15) is 32.1 Å². The van der Waals surface area contributed by atoms with Gasteiger partial charge in [0.15, 0.2) is 0 Å². The molecular formula is C11H24N2O. The lowest BCUT2D eigenvalue weighted by Gasteiger charge is -2.31. The molecule has 1 rings (SSSR count). The highest BCUT2D eigenvalue weighted by atomic mass is 16.3. The molecule has 1 saturated heterocycles. The molecule has 1 heterocycles. The summed E-state index contributed by atoms with van der Waals surface area (Å²) in [7, 11) is 0. The lowest BCUT2D eigenvalue weighted by molar-refractivity contribution is 0.119. The third-order valence-corrected chi connectivity index (χ3v) is 3.04. The summed E-state index contributed by atoms with van der Waals surface area (Å²) in [5.41, 5.74) is 5.44. The van der Waals surface area contributed by atoms with Crippen LogP contribution < -0.4 is 5.73 Å². The molecule has 14 heavy (non-hydrogen) atoms. The smallest absolute Gasteiger partial charge is 0.0471 e. The predicted molar refractivity (Wildman–Crippen MR) is 59.2 cm³/mol. The molecule has 0 aromatic heterocycles. The highest BCUT2D eigenvalue weighted by Gasteiger charge is 2.18. The number of hydrogen-bond acceptors (Lipinski definition) is 3. The van der Waals surface area contributed by atoms with E-state index in [9.17, 15) is 0 Å². The maximum Gasteiger partial charge on any atom is 0.0471 e. The number of rotatable bonds is 6. The van der Waals surface area contributed by atoms with E-state index in [0.717, 1.165) is 19.5 Å². The average molecular weight is 200 g/mol. The third kappa shape index (κ3) is 4.40. The van der Waals surface area contributed by atoms with Crippen molar-refractivity contribution in [2.24, 2.45) is 11.7 Å². The van der Waals surface area contributed by atoms with Gasteiger partial charge in [-0.15, -0.1) is 0 Å². The SMILES string of the molecule is NCCCCCN1CCCC(CO)C1. The van der Waals surface area contributed by atoms with Gasteiger partial charge in [-0.05, 0) is 51.2 Å². The molecule has 0 bridgehead atoms. The predicted octanol–water partition coefficient (Wildman–Crippen LogP) is 0.820. The second kappa shape index (κ2) is 7.21. The Morgan fingerprint density at radius 1 is 1.29 bits per heavy atom. The molecule has 1 atom stereocenters. The molecule has 0 aromatic carbocycles. The van der Waals surface area contributed by atoms with Gasteiger partial charge in [-0.2, -0.15) is 0 Å². The van der Waals surface area contributed by atoms with Crippen LogP contribution in [0.15, 0.2) is 0 Å². The Kier molecular flexibility index (Phi) is 6.15. The second-order valence-electron chi connectivity index (χ2n) is 4.34. The van der Waals surface area contributed by atoms with Gasteiger partial charge in [-0.1, -0.05) is 6.42 Å². The minimum Gasteiger partial charge on any atom is -0.396 e. The van der Waals surface area contributed by atoms with Crippen molar-refractivity contribution in [2.75, 3.05) is 32.8 Å². The number of unbranched alkanes of at least 4 members (excludes halogenated alkanes) is 2. The molecule has 84 valence electrons. The molecule has 3 heteroatoms. The molecule has 0 amide bonds. The Hall–Kier alpha value is -0.120. The zero-order chi connectivity index (χ0) is 10.2. The Morgan fingerprint density at radius 2 is 2.14 bits per heavy atom. The monoisotopic (exact) mass is 200 g/mol. The van der Waals surface area contributed by atoms with Crippen molar-refractivity contribution < 1.29 is 5.11 Å². The van der Waals surface area contributed by atoms with Gasteiger partial charge >= 0.3 is 0 Å². The van der Waals surface area contributed by atoms with Gasteiger partial charge in [0.1, 0.15) is 0 Å². The normalized spacial score (nSPS) is 24.0. The van der Waals surface area contributed by atoms with E-state index in [0.29, 0.717) is 12.5 Å². The van der Waals surface area contributed by atoms with Crippen LogP contribution in [-0.2, 0) is 0 Å². The Bertz CT molecular complexity index is 141. The number of nitrogens with two attached hydrogens (primary N) is 1. The van der Waals surface area contributed by atoms with Crippen LogP contribution in [0.4, 0.5) is 0 Å². The third-order valence-electron chi connectivity index (χ3n) is 3.04. The van der Waals surface area contributed by atoms with Gasteiger partial charge in [0.05, 0.1) is 0 Å². The summed E-state index contributed by atoms with van der Waals surface area (Å²) in [5.74, 6) is 0.526. The summed E-state index contributed by atoms with van der Waals surface area (Å²) in [6.07, 6.45) is 6.11. The van der Waals surface area contributed by atoms with Gasteiger partial charge in [-0.3, -0.25) is 0 Å². The van der Waals surface area contributed by atoms with Crippen molar-refractivity contribution in [1.29, 1.82) is 0 Å². The Morgan fingerprint density at radius 3 is 2.86 bits per heavy atom. The van der Waals surface area contributed by atoms with Crippen LogP contribution >= 0.6 is 0 Å². The number of hydrogen-bond donors (Lipinski definition) is 2. The first-order chi connectivity index (χ1) is 6.86. The van der Waals surface area contributed by atoms with E-state index in [1.54, 1.807) is 0 Å². The van der Waals surface area contributed by atoms with E-state index in [-0.39, 0.29) is 0 Å². The maximum atomic E-state index is 9.08. The van der Waals surface area contributed by atoms with Gasteiger partial charge in [0, 0.05) is 13.2 Å². The van der Waals surface area contributed by atoms with E-state index in [1.165, 1.54) is 38.8 Å². The second-order valence-corrected chi connectivity index (χ2v) is 4.34. The zero-order valence-corrected chi connectivity index (χ0v) is 9.12. The Balaban J connectivity index is 2.05. The summed E-state index contributed by atoms with van der Waals surface area (Å²) >= 11 is 0. The molecule has 1 unspecified atom stereocenters. The van der Waals surface area contributed by atoms with Gasteiger partial charge in [0.25, 0.3) is 0 Å². The molecule has 0 spiro atoms. The molecule has 1 aliphatic rings. The lowest BCUT2D eigenvalue weighted by atomic mass is 9.99. The molecule has 1 aliphatic heterocycles. The van der Waals surface area contributed by atoms with Crippen LogP contribution in [0.3, 0.4) is 0 Å². The van der Waals surface area contributed by atoms with Crippen molar-refractivity contribution in [2.45, 2.75) is 32.1 Å². The largest absolute Gasteiger partial charge is 0.396 e. The fourth-order valence-corrected chi connectivity index (χ4v) is 2.16. The van der Waals surface area contributed by atoms with Crippen molar-refractivity contribution in [3.63, 3.8) is 0 Å². The molecule has 0 radical (unpaired) electrons. The summed E-state index contributed by atoms with van der Waals surface area (Å²) in [4.78, 5) is 2.49. The summed E-state index contributed by atoms with van der Waals surface area (Å²) < 4.78 is 0. The van der Waals surface area contributed by atoms with Crippen LogP contribution in [0.25, 0.3) is 0 Å². The fraction of sp³-hybridized carbons (Fsp3) is 1.00. The maximum absolute atomic E-state index is 9.08. The first kappa shape index (κ1) is 12.0. The Labute approximate surface area is 87.3 Å². The first-order valence-electron chi connectivity index (χ1n) is 5.90. The van der Waals surface area contributed by atoms with Crippen molar-refractivity contribution in [1.82, 2.24) is 4.90 Å². The van der Waals surface area contributed by atoms with Gasteiger partial charge in [-0.25, -0.2) is 0 Å². The van der Waals surface area contributed by atoms with E-state index in [2.05, 4.69) is 4.90 Å². The number of aliphatic hydroxyl groups is 1. The van der Waals surface area contributed by atoms with Crippen LogP contribution in [-0.4, -0.2) is 42.8 Å². The number of piperidine rings is 1. The topological polar surface area (TPSA) is 49.5 Å². The molecule has 0 aliphatic carbocycles. The average Bonchev–Trinajstić information content (AvgIpc) is 2.25. The molecule has 3 nitrogen and oxygen atoms in total. The number of aliphatic hydroxyl groups excluding tert-OH is 1. The highest BCUT2D eigenvalue weighted by molar-refractivity contribution is 4.72. The molecule has 3 N–H and O–H groups in total. The van der Waals surface area contributed by atoms with Crippen LogP contribution in [0, 0.1) is 5.92 Å². The highest BCUT2D eigenvalue weighted by Crippen LogP contribution is 2.16. The van der Waals surface area contributed by atoms with Gasteiger partial charge in [0.2, 0.25) is 0 Å². The van der Waals surface area contributed by atoms with Crippen molar-refractivity contribution in [3.8, 4) is 0 Å². The van der Waals surface area contributed by atoms with Gasteiger partial charge < -0.3 is 15.7 Å². The lowest BCUT2D eigenvalue weighted by Crippen LogP contribution is -2.37. The molecule has 0 saturated carbocycles. The first-order valence-corrected chi connectivity index (χ1v) is 5.90. The number of likely N-dealkylation sites (tertiary alicyclic amines) is 1. The summed E-state index contributed by atoms with van der Waals surface area (Å²) in [6.45, 7) is 4.69.